The van der Waals surface area contributed by atoms with Crippen LogP contribution in [0.5, 0.6) is 0 Å². The van der Waals surface area contributed by atoms with Crippen LogP contribution in [0.25, 0.3) is 0 Å². The average molecular weight is 145 g/mol. The Bertz CT molecular complexity index is 106. The third-order valence-electron chi connectivity index (χ3n) is 2.29. The van der Waals surface area contributed by atoms with Crippen molar-refractivity contribution in [3.05, 3.63) is 0 Å². The molecule has 1 aliphatic rings. The van der Waals surface area contributed by atoms with Crippen molar-refractivity contribution in [3.8, 4) is 0 Å². The molecular formula is C8H16FN. The van der Waals surface area contributed by atoms with E-state index in [2.05, 4.69) is 0 Å². The number of rotatable bonds is 4. The Morgan fingerprint density at radius 1 is 1.60 bits per heavy atom. The second-order valence-electron chi connectivity index (χ2n) is 3.80. The molecule has 0 bridgehead atoms. The van der Waals surface area contributed by atoms with Gasteiger partial charge in [-0.25, -0.2) is 0 Å². The highest BCUT2D eigenvalue weighted by Crippen LogP contribution is 2.39. The lowest BCUT2D eigenvalue weighted by atomic mass is 9.86. The van der Waals surface area contributed by atoms with Crippen LogP contribution >= 0.6 is 0 Å². The van der Waals surface area contributed by atoms with Crippen LogP contribution in [-0.2, 0) is 0 Å². The molecule has 60 valence electrons. The predicted molar refractivity (Wildman–Crippen MR) is 40.5 cm³/mol. The Hall–Kier alpha value is -0.110. The van der Waals surface area contributed by atoms with Gasteiger partial charge < -0.3 is 5.73 Å². The summed E-state index contributed by atoms with van der Waals surface area (Å²) in [4.78, 5) is 0. The van der Waals surface area contributed by atoms with E-state index in [9.17, 15) is 4.39 Å². The van der Waals surface area contributed by atoms with Gasteiger partial charge in [0.1, 0.15) is 0 Å². The standard InChI is InChI=1S/C8H16FN/c1-8(5-9,6-10)4-7-2-3-7/h7H,2-6,10H2,1H3. The van der Waals surface area contributed by atoms with E-state index in [0.717, 1.165) is 12.3 Å². The molecule has 0 amide bonds. The Kier molecular flexibility index (Phi) is 2.29. The third kappa shape index (κ3) is 1.94. The van der Waals surface area contributed by atoms with Gasteiger partial charge in [-0.05, 0) is 12.3 Å². The Morgan fingerprint density at radius 2 is 2.20 bits per heavy atom. The van der Waals surface area contributed by atoms with Crippen LogP contribution in [0.2, 0.25) is 0 Å². The molecule has 0 aromatic carbocycles. The summed E-state index contributed by atoms with van der Waals surface area (Å²) in [7, 11) is 0. The van der Waals surface area contributed by atoms with Crippen molar-refractivity contribution in [2.45, 2.75) is 26.2 Å². The fourth-order valence-corrected chi connectivity index (χ4v) is 1.21. The summed E-state index contributed by atoms with van der Waals surface area (Å²) < 4.78 is 12.4. The van der Waals surface area contributed by atoms with Crippen molar-refractivity contribution in [3.63, 3.8) is 0 Å². The highest BCUT2D eigenvalue weighted by molar-refractivity contribution is 4.84. The molecule has 0 radical (unpaired) electrons. The minimum atomic E-state index is -0.264. The average Bonchev–Trinajstić information content (AvgIpc) is 2.72. The molecule has 0 heterocycles. The molecule has 2 heteroatoms. The quantitative estimate of drug-likeness (QED) is 0.640. The van der Waals surface area contributed by atoms with Crippen LogP contribution in [0.3, 0.4) is 0 Å². The molecule has 0 aliphatic heterocycles. The van der Waals surface area contributed by atoms with Crippen LogP contribution < -0.4 is 5.73 Å². The Labute approximate surface area is 61.8 Å². The van der Waals surface area contributed by atoms with Crippen molar-refractivity contribution in [2.24, 2.45) is 17.1 Å². The summed E-state index contributed by atoms with van der Waals surface area (Å²) in [5, 5.41) is 0. The number of nitrogens with two attached hydrogens (primary N) is 1. The van der Waals surface area contributed by atoms with Crippen LogP contribution in [-0.4, -0.2) is 13.2 Å². The van der Waals surface area contributed by atoms with Crippen molar-refractivity contribution >= 4 is 0 Å². The van der Waals surface area contributed by atoms with Crippen molar-refractivity contribution in [2.75, 3.05) is 13.2 Å². The molecule has 1 rings (SSSR count). The van der Waals surface area contributed by atoms with Crippen LogP contribution in [0.4, 0.5) is 4.39 Å². The number of halogens is 1. The molecule has 1 unspecified atom stereocenters. The van der Waals surface area contributed by atoms with Crippen molar-refractivity contribution < 1.29 is 4.39 Å². The molecule has 1 aliphatic carbocycles. The van der Waals surface area contributed by atoms with Crippen LogP contribution in [0, 0.1) is 11.3 Å². The molecule has 1 fully saturated rings. The van der Waals surface area contributed by atoms with E-state index >= 15 is 0 Å². The summed E-state index contributed by atoms with van der Waals surface area (Å²) in [5.74, 6) is 0.782. The van der Waals surface area contributed by atoms with Crippen molar-refractivity contribution in [1.82, 2.24) is 0 Å². The maximum atomic E-state index is 12.4. The van der Waals surface area contributed by atoms with Gasteiger partial charge in [0.2, 0.25) is 0 Å². The molecule has 0 saturated heterocycles. The summed E-state index contributed by atoms with van der Waals surface area (Å²) in [5.41, 5.74) is 5.23. The Balaban J connectivity index is 2.29. The van der Waals surface area contributed by atoms with Gasteiger partial charge in [-0.1, -0.05) is 19.8 Å². The zero-order chi connectivity index (χ0) is 7.61. The third-order valence-corrected chi connectivity index (χ3v) is 2.29. The van der Waals surface area contributed by atoms with E-state index in [1.165, 1.54) is 12.8 Å². The Morgan fingerprint density at radius 3 is 2.50 bits per heavy atom. The van der Waals surface area contributed by atoms with E-state index in [1.54, 1.807) is 0 Å². The van der Waals surface area contributed by atoms with Crippen molar-refractivity contribution in [1.29, 1.82) is 0 Å². The molecule has 0 spiro atoms. The van der Waals surface area contributed by atoms with E-state index in [1.807, 2.05) is 6.92 Å². The second-order valence-corrected chi connectivity index (χ2v) is 3.80. The fraction of sp³-hybridized carbons (Fsp3) is 1.00. The highest BCUT2D eigenvalue weighted by Gasteiger charge is 2.32. The van der Waals surface area contributed by atoms with Gasteiger partial charge in [0.05, 0.1) is 6.67 Å². The van der Waals surface area contributed by atoms with Gasteiger partial charge in [0, 0.05) is 12.0 Å². The first kappa shape index (κ1) is 7.99. The van der Waals surface area contributed by atoms with Crippen LogP contribution in [0.1, 0.15) is 26.2 Å². The van der Waals surface area contributed by atoms with E-state index in [-0.39, 0.29) is 12.1 Å². The first-order valence-electron chi connectivity index (χ1n) is 3.96. The topological polar surface area (TPSA) is 26.0 Å². The molecule has 1 atom stereocenters. The lowest BCUT2D eigenvalue weighted by Gasteiger charge is -2.23. The smallest absolute Gasteiger partial charge is 0.0960 e. The van der Waals surface area contributed by atoms with Gasteiger partial charge in [0.25, 0.3) is 0 Å². The minimum absolute atomic E-state index is 0.221. The highest BCUT2D eigenvalue weighted by atomic mass is 19.1. The summed E-state index contributed by atoms with van der Waals surface area (Å²) in [6.45, 7) is 2.16. The summed E-state index contributed by atoms with van der Waals surface area (Å²) in [6, 6.07) is 0. The first-order valence-corrected chi connectivity index (χ1v) is 3.96. The minimum Gasteiger partial charge on any atom is -0.330 e. The maximum Gasteiger partial charge on any atom is 0.0960 e. The zero-order valence-electron chi connectivity index (χ0n) is 6.57. The van der Waals surface area contributed by atoms with E-state index in [0.29, 0.717) is 6.54 Å². The van der Waals surface area contributed by atoms with Gasteiger partial charge in [-0.2, -0.15) is 0 Å². The SMILES string of the molecule is CC(CN)(CF)CC1CC1. The predicted octanol–water partition coefficient (Wildman–Crippen LogP) is 1.72. The second kappa shape index (κ2) is 2.87. The lowest BCUT2D eigenvalue weighted by Crippen LogP contribution is -2.29. The molecule has 10 heavy (non-hydrogen) atoms. The number of hydrogen-bond acceptors (Lipinski definition) is 1. The summed E-state index contributed by atoms with van der Waals surface area (Å²) in [6.07, 6.45) is 3.56. The van der Waals surface area contributed by atoms with Gasteiger partial charge >= 0.3 is 0 Å². The zero-order valence-corrected chi connectivity index (χ0v) is 6.57. The molecule has 1 nitrogen and oxygen atoms in total. The maximum absolute atomic E-state index is 12.4. The van der Waals surface area contributed by atoms with Gasteiger partial charge in [-0.3, -0.25) is 4.39 Å². The van der Waals surface area contributed by atoms with E-state index < -0.39 is 0 Å². The lowest BCUT2D eigenvalue weighted by molar-refractivity contribution is 0.212. The molecule has 0 aromatic heterocycles. The number of hydrogen-bond donors (Lipinski definition) is 1. The fourth-order valence-electron chi connectivity index (χ4n) is 1.21. The van der Waals surface area contributed by atoms with Crippen LogP contribution in [0.15, 0.2) is 0 Å². The molecule has 2 N–H and O–H groups in total. The van der Waals surface area contributed by atoms with E-state index in [4.69, 9.17) is 5.73 Å². The van der Waals surface area contributed by atoms with Gasteiger partial charge in [-0.15, -0.1) is 0 Å². The first-order chi connectivity index (χ1) is 4.70. The molecule has 1 saturated carbocycles. The molecule has 0 aromatic rings. The summed E-state index contributed by atoms with van der Waals surface area (Å²) >= 11 is 0. The molecular weight excluding hydrogens is 129 g/mol. The number of alkyl halides is 1. The van der Waals surface area contributed by atoms with Gasteiger partial charge in [0.15, 0.2) is 0 Å². The monoisotopic (exact) mass is 145 g/mol. The normalized spacial score (nSPS) is 24.3. The largest absolute Gasteiger partial charge is 0.330 e.